The van der Waals surface area contributed by atoms with Crippen LogP contribution in [-0.4, -0.2) is 9.13 Å². The van der Waals surface area contributed by atoms with Gasteiger partial charge in [0.05, 0.1) is 51.6 Å². The second-order valence-corrected chi connectivity index (χ2v) is 11.9. The number of para-hydroxylation sites is 2. The number of benzene rings is 6. The summed E-state index contributed by atoms with van der Waals surface area (Å²) in [5, 5.41) is 14.5. The summed E-state index contributed by atoms with van der Waals surface area (Å²) >= 11 is 0. The van der Waals surface area contributed by atoms with Crippen LogP contribution in [0.25, 0.3) is 71.0 Å². The summed E-state index contributed by atoms with van der Waals surface area (Å²) in [5.41, 5.74) is 12.1. The van der Waals surface area contributed by atoms with Crippen molar-refractivity contribution in [3.8, 4) is 28.6 Å². The van der Waals surface area contributed by atoms with E-state index in [1.807, 2.05) is 19.1 Å². The minimum Gasteiger partial charge on any atom is -0.319 e. The van der Waals surface area contributed by atoms with Crippen LogP contribution in [0.15, 0.2) is 115 Å². The fraction of sp³-hybridized carbons (Fsp3) is 0.0732. The topological polar surface area (TPSA) is 38.0 Å². The monoisotopic (exact) mass is 576 g/mol. The average molecular weight is 577 g/mol. The van der Waals surface area contributed by atoms with Gasteiger partial charge >= 0.3 is 0 Å². The smallest absolute Gasteiger partial charge is 0.234 e. The van der Waals surface area contributed by atoms with Crippen LogP contribution in [0.3, 0.4) is 0 Å². The molecule has 8 rings (SSSR count). The van der Waals surface area contributed by atoms with Crippen molar-refractivity contribution in [1.29, 1.82) is 5.26 Å². The van der Waals surface area contributed by atoms with Crippen molar-refractivity contribution in [3.63, 3.8) is 0 Å². The van der Waals surface area contributed by atoms with Crippen molar-refractivity contribution in [2.24, 2.45) is 0 Å². The first kappa shape index (κ1) is 26.5. The Morgan fingerprint density at radius 2 is 1.16 bits per heavy atom. The molecule has 0 amide bonds. The summed E-state index contributed by atoms with van der Waals surface area (Å²) in [4.78, 5) is 4.35. The molecule has 0 atom stereocenters. The maximum Gasteiger partial charge on any atom is 0.234 e. The van der Waals surface area contributed by atoms with Gasteiger partial charge in [0.2, 0.25) is 5.69 Å². The van der Waals surface area contributed by atoms with Crippen molar-refractivity contribution in [2.45, 2.75) is 20.8 Å². The van der Waals surface area contributed by atoms with Gasteiger partial charge in [-0.05, 0) is 91.1 Å². The molecule has 4 heteroatoms. The molecule has 2 aromatic heterocycles. The van der Waals surface area contributed by atoms with Crippen LogP contribution in [-0.2, 0) is 0 Å². The molecule has 2 heterocycles. The summed E-state index contributed by atoms with van der Waals surface area (Å²) in [7, 11) is 0. The predicted molar refractivity (Wildman–Crippen MR) is 186 cm³/mol. The zero-order valence-electron chi connectivity index (χ0n) is 25.3. The molecule has 0 N–H and O–H groups in total. The van der Waals surface area contributed by atoms with Crippen molar-refractivity contribution >= 4 is 49.3 Å². The number of aryl methyl sites for hydroxylation is 3. The molecule has 8 aromatic rings. The largest absolute Gasteiger partial charge is 0.319 e. The molecule has 0 radical (unpaired) electrons. The first-order valence-corrected chi connectivity index (χ1v) is 15.0. The van der Waals surface area contributed by atoms with Gasteiger partial charge in [0.15, 0.2) is 0 Å². The van der Waals surface area contributed by atoms with E-state index in [1.54, 1.807) is 0 Å². The van der Waals surface area contributed by atoms with E-state index in [0.29, 0.717) is 11.3 Å². The van der Waals surface area contributed by atoms with Gasteiger partial charge in [-0.1, -0.05) is 72.8 Å². The number of aromatic nitrogens is 2. The van der Waals surface area contributed by atoms with Gasteiger partial charge in [-0.15, -0.1) is 0 Å². The van der Waals surface area contributed by atoms with Gasteiger partial charge in [0, 0.05) is 21.5 Å². The molecule has 4 nitrogen and oxygen atoms in total. The second kappa shape index (κ2) is 9.98. The Morgan fingerprint density at radius 1 is 0.578 bits per heavy atom. The second-order valence-electron chi connectivity index (χ2n) is 11.9. The van der Waals surface area contributed by atoms with Gasteiger partial charge < -0.3 is 9.13 Å². The van der Waals surface area contributed by atoms with Crippen molar-refractivity contribution in [3.05, 3.63) is 149 Å². The molecular formula is C41H28N4. The molecule has 0 aliphatic carbocycles. The molecule has 45 heavy (non-hydrogen) atoms. The molecule has 0 saturated heterocycles. The SMILES string of the molecule is [C-]#[N+]c1c(-n2c3ccccc3c3ccc(C)cc32)ccc(-c2cc(C)cc(C#N)c2)c1-n1c2ccccc2c2ccc(C)cc21. The zero-order valence-corrected chi connectivity index (χ0v) is 25.3. The molecule has 0 unspecified atom stereocenters. The molecule has 0 aliphatic heterocycles. The summed E-state index contributed by atoms with van der Waals surface area (Å²) < 4.78 is 4.51. The number of nitrogens with zero attached hydrogens (tertiary/aromatic N) is 4. The summed E-state index contributed by atoms with van der Waals surface area (Å²) in [5.74, 6) is 0. The predicted octanol–water partition coefficient (Wildman–Crippen LogP) is 10.9. The summed E-state index contributed by atoms with van der Waals surface area (Å²) in [6, 6.07) is 42.4. The molecule has 6 aromatic carbocycles. The third-order valence-corrected chi connectivity index (χ3v) is 8.88. The van der Waals surface area contributed by atoms with E-state index in [4.69, 9.17) is 6.57 Å². The number of hydrogen-bond acceptors (Lipinski definition) is 1. The lowest BCUT2D eigenvalue weighted by molar-refractivity contribution is 1.14. The standard InChI is InChI=1S/C41H28N4/c1-25-13-15-33-31-9-5-7-11-35(31)44(38(33)21-25)37-18-17-30(29-20-27(3)19-28(23-29)24-42)41(40(37)43-4)45-36-12-8-6-10-32(36)34-16-14-26(2)22-39(34)45/h5-23H,1-3H3. The van der Waals surface area contributed by atoms with Crippen LogP contribution in [0.5, 0.6) is 0 Å². The van der Waals surface area contributed by atoms with E-state index < -0.39 is 0 Å². The van der Waals surface area contributed by atoms with E-state index in [2.05, 4.69) is 137 Å². The molecule has 0 fully saturated rings. The van der Waals surface area contributed by atoms with Gasteiger partial charge in [0.25, 0.3) is 0 Å². The Hall–Kier alpha value is -6.10. The molecule has 0 bridgehead atoms. The Bertz CT molecular complexity index is 2600. The highest BCUT2D eigenvalue weighted by atomic mass is 15.1. The quantitative estimate of drug-likeness (QED) is 0.193. The molecule has 0 spiro atoms. The first-order chi connectivity index (χ1) is 22.0. The first-order valence-electron chi connectivity index (χ1n) is 15.0. The summed E-state index contributed by atoms with van der Waals surface area (Å²) in [6.45, 7) is 15.0. The normalized spacial score (nSPS) is 11.4. The Morgan fingerprint density at radius 3 is 1.78 bits per heavy atom. The highest BCUT2D eigenvalue weighted by Crippen LogP contribution is 2.46. The van der Waals surface area contributed by atoms with Crippen molar-refractivity contribution in [2.75, 3.05) is 0 Å². The maximum absolute atomic E-state index is 9.89. The fourth-order valence-electron chi connectivity index (χ4n) is 6.98. The average Bonchev–Trinajstić information content (AvgIpc) is 3.55. The van der Waals surface area contributed by atoms with E-state index in [1.165, 1.54) is 0 Å². The minimum atomic E-state index is 0.556. The Kier molecular flexibility index (Phi) is 5.88. The number of fused-ring (bicyclic) bond motifs is 6. The molecular weight excluding hydrogens is 548 g/mol. The van der Waals surface area contributed by atoms with E-state index in [0.717, 1.165) is 82.8 Å². The molecule has 0 aliphatic rings. The molecule has 212 valence electrons. The lowest BCUT2D eigenvalue weighted by atomic mass is 9.97. The summed E-state index contributed by atoms with van der Waals surface area (Å²) in [6.07, 6.45) is 0. The fourth-order valence-corrected chi connectivity index (χ4v) is 6.98. The highest BCUT2D eigenvalue weighted by molar-refractivity contribution is 6.12. The maximum atomic E-state index is 9.89. The minimum absolute atomic E-state index is 0.556. The van der Waals surface area contributed by atoms with E-state index in [9.17, 15) is 5.26 Å². The van der Waals surface area contributed by atoms with Crippen LogP contribution in [0.2, 0.25) is 0 Å². The van der Waals surface area contributed by atoms with E-state index in [-0.39, 0.29) is 0 Å². The zero-order chi connectivity index (χ0) is 30.8. The Labute approximate surface area is 261 Å². The van der Waals surface area contributed by atoms with E-state index >= 15 is 0 Å². The van der Waals surface area contributed by atoms with Crippen LogP contribution < -0.4 is 0 Å². The molecule has 0 saturated carbocycles. The lowest BCUT2D eigenvalue weighted by Crippen LogP contribution is -2.03. The van der Waals surface area contributed by atoms with Crippen LogP contribution in [0.4, 0.5) is 5.69 Å². The lowest BCUT2D eigenvalue weighted by Gasteiger charge is -2.20. The van der Waals surface area contributed by atoms with Gasteiger partial charge in [-0.3, -0.25) is 0 Å². The van der Waals surface area contributed by atoms with Crippen LogP contribution in [0.1, 0.15) is 22.3 Å². The van der Waals surface area contributed by atoms with Gasteiger partial charge in [-0.25, -0.2) is 4.85 Å². The number of rotatable bonds is 3. The van der Waals surface area contributed by atoms with Crippen molar-refractivity contribution in [1.82, 2.24) is 9.13 Å². The number of nitriles is 1. The van der Waals surface area contributed by atoms with Crippen LogP contribution in [0, 0.1) is 38.7 Å². The van der Waals surface area contributed by atoms with Crippen molar-refractivity contribution < 1.29 is 0 Å². The Balaban J connectivity index is 1.59. The van der Waals surface area contributed by atoms with Crippen LogP contribution >= 0.6 is 0 Å². The van der Waals surface area contributed by atoms with Gasteiger partial charge in [0.1, 0.15) is 0 Å². The number of hydrogen-bond donors (Lipinski definition) is 0. The highest BCUT2D eigenvalue weighted by Gasteiger charge is 2.24. The third-order valence-electron chi connectivity index (χ3n) is 8.88. The van der Waals surface area contributed by atoms with Gasteiger partial charge in [-0.2, -0.15) is 5.26 Å². The third kappa shape index (κ3) is 3.97.